The fourth-order valence-electron chi connectivity index (χ4n) is 2.60. The zero-order valence-electron chi connectivity index (χ0n) is 12.9. The maximum absolute atomic E-state index is 13.4. The van der Waals surface area contributed by atoms with Gasteiger partial charge in [-0.1, -0.05) is 0 Å². The van der Waals surface area contributed by atoms with Crippen molar-refractivity contribution in [2.24, 2.45) is 0 Å². The summed E-state index contributed by atoms with van der Waals surface area (Å²) in [6.45, 7) is 6.77. The van der Waals surface area contributed by atoms with Gasteiger partial charge in [-0.25, -0.2) is 9.18 Å². The molecule has 4 nitrogen and oxygen atoms in total. The number of piperidine rings is 1. The van der Waals surface area contributed by atoms with Crippen LogP contribution in [0.5, 0.6) is 0 Å². The van der Waals surface area contributed by atoms with E-state index in [9.17, 15) is 9.18 Å². The minimum atomic E-state index is -0.485. The maximum Gasteiger partial charge on any atom is 0.410 e. The minimum Gasteiger partial charge on any atom is -0.444 e. The van der Waals surface area contributed by atoms with Crippen molar-refractivity contribution in [2.45, 2.75) is 45.1 Å². The fraction of sp³-hybridized carbons (Fsp3) is 0.562. The number of benzene rings is 1. The maximum atomic E-state index is 13.4. The molecule has 21 heavy (non-hydrogen) atoms. The van der Waals surface area contributed by atoms with E-state index in [2.05, 4.69) is 0 Å². The third kappa shape index (κ3) is 4.09. The van der Waals surface area contributed by atoms with Crippen molar-refractivity contribution in [2.75, 3.05) is 18.8 Å². The molecule has 0 bridgehead atoms. The Morgan fingerprint density at radius 2 is 1.95 bits per heavy atom. The van der Waals surface area contributed by atoms with Crippen LogP contribution in [0, 0.1) is 5.82 Å². The number of amides is 1. The summed E-state index contributed by atoms with van der Waals surface area (Å²) in [5.74, 6) is -0.0758. The Labute approximate surface area is 125 Å². The molecule has 0 aliphatic carbocycles. The van der Waals surface area contributed by atoms with Gasteiger partial charge >= 0.3 is 6.09 Å². The Kier molecular flexibility index (Phi) is 4.40. The number of halogens is 1. The highest BCUT2D eigenvalue weighted by atomic mass is 19.1. The number of carbonyl (C=O) groups excluding carboxylic acids is 1. The number of carbonyl (C=O) groups is 1. The van der Waals surface area contributed by atoms with E-state index in [0.29, 0.717) is 18.8 Å². The lowest BCUT2D eigenvalue weighted by Crippen LogP contribution is -2.41. The van der Waals surface area contributed by atoms with E-state index in [4.69, 9.17) is 10.5 Å². The van der Waals surface area contributed by atoms with E-state index < -0.39 is 5.60 Å². The molecule has 0 aromatic heterocycles. The van der Waals surface area contributed by atoms with E-state index in [1.165, 1.54) is 12.1 Å². The van der Waals surface area contributed by atoms with Gasteiger partial charge in [0, 0.05) is 18.8 Å². The number of nitrogen functional groups attached to an aromatic ring is 1. The van der Waals surface area contributed by atoms with Gasteiger partial charge in [0.05, 0.1) is 0 Å². The molecule has 1 heterocycles. The van der Waals surface area contributed by atoms with Crippen LogP contribution in [-0.4, -0.2) is 29.7 Å². The predicted octanol–water partition coefficient (Wildman–Crippen LogP) is 3.52. The molecule has 0 saturated carbocycles. The average molecular weight is 294 g/mol. The zero-order valence-corrected chi connectivity index (χ0v) is 12.9. The highest BCUT2D eigenvalue weighted by Gasteiger charge is 2.28. The summed E-state index contributed by atoms with van der Waals surface area (Å²) in [5, 5.41) is 0. The molecule has 2 rings (SSSR count). The summed E-state index contributed by atoms with van der Waals surface area (Å²) in [7, 11) is 0. The van der Waals surface area contributed by atoms with Crippen molar-refractivity contribution in [3.05, 3.63) is 29.6 Å². The number of nitrogens with zero attached hydrogens (tertiary/aromatic N) is 1. The Morgan fingerprint density at radius 1 is 1.33 bits per heavy atom. The van der Waals surface area contributed by atoms with Gasteiger partial charge in [0.1, 0.15) is 11.4 Å². The normalized spacial score (nSPS) is 16.9. The second kappa shape index (κ2) is 5.92. The average Bonchev–Trinajstić information content (AvgIpc) is 2.40. The van der Waals surface area contributed by atoms with Gasteiger partial charge in [-0.15, -0.1) is 0 Å². The molecule has 2 N–H and O–H groups in total. The monoisotopic (exact) mass is 294 g/mol. The van der Waals surface area contributed by atoms with Crippen LogP contribution in [0.2, 0.25) is 0 Å². The van der Waals surface area contributed by atoms with Crippen LogP contribution in [0.3, 0.4) is 0 Å². The molecule has 0 unspecified atom stereocenters. The molecule has 1 aliphatic heterocycles. The van der Waals surface area contributed by atoms with Crippen molar-refractivity contribution in [3.63, 3.8) is 0 Å². The van der Waals surface area contributed by atoms with Crippen molar-refractivity contribution in [3.8, 4) is 0 Å². The number of anilines is 1. The van der Waals surface area contributed by atoms with E-state index in [0.717, 1.165) is 18.4 Å². The molecule has 5 heteroatoms. The van der Waals surface area contributed by atoms with Crippen molar-refractivity contribution in [1.29, 1.82) is 0 Å². The van der Waals surface area contributed by atoms with Crippen LogP contribution in [0.15, 0.2) is 18.2 Å². The first-order valence-electron chi connectivity index (χ1n) is 7.29. The standard InChI is InChI=1S/C16H23FN2O2/c1-16(2,3)21-15(20)19-8-6-11(7-9-19)13-10-12(17)4-5-14(13)18/h4-5,10-11H,6-9,18H2,1-3H3. The van der Waals surface area contributed by atoms with E-state index >= 15 is 0 Å². The van der Waals surface area contributed by atoms with E-state index in [-0.39, 0.29) is 17.8 Å². The minimum absolute atomic E-state index is 0.194. The summed E-state index contributed by atoms with van der Waals surface area (Å²) in [6.07, 6.45) is 1.26. The van der Waals surface area contributed by atoms with Crippen LogP contribution >= 0.6 is 0 Å². The molecular formula is C16H23FN2O2. The van der Waals surface area contributed by atoms with E-state index in [1.54, 1.807) is 11.0 Å². The van der Waals surface area contributed by atoms with Gasteiger partial charge in [-0.2, -0.15) is 0 Å². The third-order valence-electron chi connectivity index (χ3n) is 3.64. The van der Waals surface area contributed by atoms with Gasteiger partial charge in [0.25, 0.3) is 0 Å². The molecule has 1 aromatic rings. The largest absolute Gasteiger partial charge is 0.444 e. The lowest BCUT2D eigenvalue weighted by atomic mass is 9.88. The Hall–Kier alpha value is -1.78. The molecule has 0 atom stereocenters. The first-order chi connectivity index (χ1) is 9.76. The SMILES string of the molecule is CC(C)(C)OC(=O)N1CCC(c2cc(F)ccc2N)CC1. The van der Waals surface area contributed by atoms with Crippen molar-refractivity contribution in [1.82, 2.24) is 4.90 Å². The van der Waals surface area contributed by atoms with Gasteiger partial charge < -0.3 is 15.4 Å². The second-order valence-corrected chi connectivity index (χ2v) is 6.51. The molecule has 1 fully saturated rings. The van der Waals surface area contributed by atoms with Crippen molar-refractivity contribution < 1.29 is 13.9 Å². The predicted molar refractivity (Wildman–Crippen MR) is 80.6 cm³/mol. The first-order valence-corrected chi connectivity index (χ1v) is 7.29. The number of rotatable bonds is 1. The lowest BCUT2D eigenvalue weighted by molar-refractivity contribution is 0.0205. The fourth-order valence-corrected chi connectivity index (χ4v) is 2.60. The van der Waals surface area contributed by atoms with Gasteiger partial charge in [0.15, 0.2) is 0 Å². The summed E-state index contributed by atoms with van der Waals surface area (Å²) in [4.78, 5) is 13.7. The number of nitrogens with two attached hydrogens (primary N) is 1. The smallest absolute Gasteiger partial charge is 0.410 e. The lowest BCUT2D eigenvalue weighted by Gasteiger charge is -2.34. The Morgan fingerprint density at radius 3 is 2.52 bits per heavy atom. The number of hydrogen-bond acceptors (Lipinski definition) is 3. The topological polar surface area (TPSA) is 55.6 Å². The van der Waals surface area contributed by atoms with Crippen LogP contribution in [0.1, 0.15) is 45.1 Å². The summed E-state index contributed by atoms with van der Waals surface area (Å²) in [5.41, 5.74) is 6.90. The highest BCUT2D eigenvalue weighted by Crippen LogP contribution is 2.32. The molecule has 116 valence electrons. The van der Waals surface area contributed by atoms with Gasteiger partial charge in [-0.05, 0) is 63.3 Å². The molecule has 0 radical (unpaired) electrons. The van der Waals surface area contributed by atoms with Gasteiger partial charge in [0.2, 0.25) is 0 Å². The first kappa shape index (κ1) is 15.6. The van der Waals surface area contributed by atoms with E-state index in [1.807, 2.05) is 20.8 Å². The third-order valence-corrected chi connectivity index (χ3v) is 3.64. The summed E-state index contributed by atoms with van der Waals surface area (Å²) >= 11 is 0. The summed E-state index contributed by atoms with van der Waals surface area (Å²) in [6, 6.07) is 4.47. The van der Waals surface area contributed by atoms with Crippen LogP contribution in [0.25, 0.3) is 0 Å². The van der Waals surface area contributed by atoms with Gasteiger partial charge in [-0.3, -0.25) is 0 Å². The van der Waals surface area contributed by atoms with Crippen LogP contribution in [0.4, 0.5) is 14.9 Å². The van der Waals surface area contributed by atoms with Crippen molar-refractivity contribution >= 4 is 11.8 Å². The highest BCUT2D eigenvalue weighted by molar-refractivity contribution is 5.68. The summed E-state index contributed by atoms with van der Waals surface area (Å²) < 4.78 is 18.7. The Bertz CT molecular complexity index is 517. The van der Waals surface area contributed by atoms with Crippen LogP contribution < -0.4 is 5.73 Å². The molecule has 1 aliphatic rings. The zero-order chi connectivity index (χ0) is 15.6. The second-order valence-electron chi connectivity index (χ2n) is 6.51. The molecule has 1 amide bonds. The molecule has 0 spiro atoms. The van der Waals surface area contributed by atoms with Crippen LogP contribution in [-0.2, 0) is 4.74 Å². The number of likely N-dealkylation sites (tertiary alicyclic amines) is 1. The number of ether oxygens (including phenoxy) is 1. The Balaban J connectivity index is 1.97. The quantitative estimate of drug-likeness (QED) is 0.806. The molecule has 1 saturated heterocycles. The molecular weight excluding hydrogens is 271 g/mol. The number of hydrogen-bond donors (Lipinski definition) is 1. The molecule has 1 aromatic carbocycles.